The number of hydrogen-bond acceptors (Lipinski definition) is 5. The highest BCUT2D eigenvalue weighted by molar-refractivity contribution is 5.78. The quantitative estimate of drug-likeness (QED) is 0.416. The summed E-state index contributed by atoms with van der Waals surface area (Å²) in [5, 5.41) is 17.6. The fraction of sp³-hybridized carbons (Fsp3) is 0.250. The molecule has 6 nitrogen and oxygen atoms in total. The van der Waals surface area contributed by atoms with Crippen molar-refractivity contribution in [1.82, 2.24) is 25.2 Å². The van der Waals surface area contributed by atoms with Gasteiger partial charge in [0.25, 0.3) is 0 Å². The molecule has 4 aromatic rings. The molecule has 0 atom stereocenters. The molecular weight excluding hydrogens is 374 g/mol. The van der Waals surface area contributed by atoms with E-state index in [0.717, 1.165) is 34.6 Å². The first-order chi connectivity index (χ1) is 14.6. The van der Waals surface area contributed by atoms with Gasteiger partial charge in [-0.1, -0.05) is 74.5 Å². The number of aryl methyl sites for hydroxylation is 1. The van der Waals surface area contributed by atoms with Gasteiger partial charge in [0, 0.05) is 23.5 Å². The van der Waals surface area contributed by atoms with Gasteiger partial charge in [0.05, 0.1) is 6.54 Å². The van der Waals surface area contributed by atoms with E-state index in [0.29, 0.717) is 18.2 Å². The zero-order valence-corrected chi connectivity index (χ0v) is 17.5. The molecule has 0 spiro atoms. The van der Waals surface area contributed by atoms with Gasteiger partial charge in [-0.15, -0.1) is 10.2 Å². The third-order valence-corrected chi connectivity index (χ3v) is 4.72. The fourth-order valence-corrected chi connectivity index (χ4v) is 3.14. The van der Waals surface area contributed by atoms with E-state index in [-0.39, 0.29) is 5.92 Å². The number of nitrogens with zero attached hydrogens (tertiary/aromatic N) is 5. The summed E-state index contributed by atoms with van der Waals surface area (Å²) in [7, 11) is 0. The van der Waals surface area contributed by atoms with Crippen LogP contribution < -0.4 is 0 Å². The van der Waals surface area contributed by atoms with Crippen molar-refractivity contribution < 1.29 is 4.42 Å². The molecule has 0 radical (unpaired) electrons. The first-order valence-electron chi connectivity index (χ1n) is 10.2. The van der Waals surface area contributed by atoms with Gasteiger partial charge in [-0.3, -0.25) is 0 Å². The summed E-state index contributed by atoms with van der Waals surface area (Å²) in [6, 6.07) is 18.5. The Hall–Kier alpha value is -3.54. The van der Waals surface area contributed by atoms with E-state index in [1.54, 1.807) is 4.80 Å². The largest absolute Gasteiger partial charge is 0.425 e. The van der Waals surface area contributed by atoms with Crippen molar-refractivity contribution in [1.29, 1.82) is 0 Å². The van der Waals surface area contributed by atoms with Gasteiger partial charge < -0.3 is 4.42 Å². The molecule has 2 aromatic heterocycles. The lowest BCUT2D eigenvalue weighted by Crippen LogP contribution is -1.98. The monoisotopic (exact) mass is 399 g/mol. The van der Waals surface area contributed by atoms with Gasteiger partial charge in [0.2, 0.25) is 11.8 Å². The molecule has 2 heterocycles. The van der Waals surface area contributed by atoms with Crippen molar-refractivity contribution in [3.63, 3.8) is 0 Å². The number of rotatable bonds is 7. The molecule has 0 aliphatic rings. The molecule has 4 rings (SSSR count). The van der Waals surface area contributed by atoms with Crippen LogP contribution in [0, 0.1) is 0 Å². The Morgan fingerprint density at radius 3 is 2.37 bits per heavy atom. The minimum Gasteiger partial charge on any atom is -0.425 e. The van der Waals surface area contributed by atoms with Crippen LogP contribution in [0.3, 0.4) is 0 Å². The van der Waals surface area contributed by atoms with Gasteiger partial charge in [0.1, 0.15) is 11.4 Å². The Kier molecular flexibility index (Phi) is 5.84. The second kappa shape index (κ2) is 8.86. The van der Waals surface area contributed by atoms with Gasteiger partial charge in [0.15, 0.2) is 0 Å². The summed E-state index contributed by atoms with van der Waals surface area (Å²) >= 11 is 0. The van der Waals surface area contributed by atoms with Crippen LogP contribution >= 0.6 is 0 Å². The van der Waals surface area contributed by atoms with Gasteiger partial charge >= 0.3 is 0 Å². The zero-order chi connectivity index (χ0) is 20.9. The molecule has 0 N–H and O–H groups in total. The third-order valence-electron chi connectivity index (χ3n) is 4.72. The summed E-state index contributed by atoms with van der Waals surface area (Å²) in [6.07, 6.45) is 4.71. The molecule has 6 heteroatoms. The van der Waals surface area contributed by atoms with Crippen LogP contribution in [0.5, 0.6) is 0 Å². The third kappa shape index (κ3) is 4.38. The standard InChI is InChI=1S/C24H25N5O/c1-4-29-27-22(19-12-6-5-7-13-19)23(28-29)20-14-8-10-18(16-20)11-9-15-21-25-26-24(30-21)17(2)3/h5-14,16-17H,4,15H2,1-3H3/b11-9+. The maximum Gasteiger partial charge on any atom is 0.220 e. The van der Waals surface area contributed by atoms with Crippen molar-refractivity contribution in [3.8, 4) is 22.5 Å². The highest BCUT2D eigenvalue weighted by Crippen LogP contribution is 2.29. The zero-order valence-electron chi connectivity index (χ0n) is 17.5. The van der Waals surface area contributed by atoms with Gasteiger partial charge in [-0.05, 0) is 18.6 Å². The summed E-state index contributed by atoms with van der Waals surface area (Å²) in [6.45, 7) is 6.84. The lowest BCUT2D eigenvalue weighted by atomic mass is 10.0. The molecule has 152 valence electrons. The number of aromatic nitrogens is 5. The second-order valence-corrected chi connectivity index (χ2v) is 7.37. The summed E-state index contributed by atoms with van der Waals surface area (Å²) in [5.41, 5.74) is 4.96. The van der Waals surface area contributed by atoms with E-state index in [2.05, 4.69) is 51.7 Å². The van der Waals surface area contributed by atoms with Crippen LogP contribution in [-0.2, 0) is 13.0 Å². The van der Waals surface area contributed by atoms with Crippen LogP contribution in [0.2, 0.25) is 0 Å². The van der Waals surface area contributed by atoms with Crippen LogP contribution in [0.4, 0.5) is 0 Å². The highest BCUT2D eigenvalue weighted by Gasteiger charge is 2.14. The molecule has 0 saturated heterocycles. The Balaban J connectivity index is 1.58. The van der Waals surface area contributed by atoms with Crippen molar-refractivity contribution >= 4 is 6.08 Å². The summed E-state index contributed by atoms with van der Waals surface area (Å²) < 4.78 is 5.66. The molecule has 0 fully saturated rings. The average Bonchev–Trinajstić information content (AvgIpc) is 3.42. The summed E-state index contributed by atoms with van der Waals surface area (Å²) in [4.78, 5) is 1.74. The van der Waals surface area contributed by atoms with E-state index in [1.807, 2.05) is 51.1 Å². The molecule has 0 amide bonds. The Morgan fingerprint density at radius 1 is 0.933 bits per heavy atom. The number of benzene rings is 2. The highest BCUT2D eigenvalue weighted by atomic mass is 16.4. The molecule has 0 unspecified atom stereocenters. The predicted molar refractivity (Wildman–Crippen MR) is 118 cm³/mol. The van der Waals surface area contributed by atoms with E-state index >= 15 is 0 Å². The average molecular weight is 399 g/mol. The molecule has 0 aliphatic carbocycles. The Labute approximate surface area is 176 Å². The minimum atomic E-state index is 0.238. The second-order valence-electron chi connectivity index (χ2n) is 7.37. The Morgan fingerprint density at radius 2 is 1.67 bits per heavy atom. The molecule has 2 aromatic carbocycles. The lowest BCUT2D eigenvalue weighted by Gasteiger charge is -2.02. The van der Waals surface area contributed by atoms with Gasteiger partial charge in [-0.25, -0.2) is 0 Å². The van der Waals surface area contributed by atoms with Crippen molar-refractivity contribution in [2.45, 2.75) is 39.7 Å². The van der Waals surface area contributed by atoms with Crippen molar-refractivity contribution in [2.24, 2.45) is 0 Å². The van der Waals surface area contributed by atoms with E-state index in [1.165, 1.54) is 0 Å². The van der Waals surface area contributed by atoms with Crippen molar-refractivity contribution in [3.05, 3.63) is 78.0 Å². The maximum absolute atomic E-state index is 5.66. The Bertz CT molecular complexity index is 1140. The minimum absolute atomic E-state index is 0.238. The van der Waals surface area contributed by atoms with E-state index < -0.39 is 0 Å². The van der Waals surface area contributed by atoms with Crippen LogP contribution in [0.15, 0.2) is 65.1 Å². The first kappa shape index (κ1) is 19.8. The number of allylic oxidation sites excluding steroid dienone is 1. The maximum atomic E-state index is 5.66. The molecule has 0 bridgehead atoms. The van der Waals surface area contributed by atoms with Crippen LogP contribution in [-0.4, -0.2) is 25.2 Å². The smallest absolute Gasteiger partial charge is 0.220 e. The first-order valence-corrected chi connectivity index (χ1v) is 10.2. The van der Waals surface area contributed by atoms with Gasteiger partial charge in [-0.2, -0.15) is 15.0 Å². The SMILES string of the molecule is CCn1nc(-c2ccccc2)c(-c2cccc(/C=C/Cc3nnc(C(C)C)o3)c2)n1. The normalized spacial score (nSPS) is 11.6. The molecular formula is C24H25N5O. The number of hydrogen-bond donors (Lipinski definition) is 0. The van der Waals surface area contributed by atoms with E-state index in [9.17, 15) is 0 Å². The molecule has 0 saturated carbocycles. The van der Waals surface area contributed by atoms with Crippen LogP contribution in [0.1, 0.15) is 44.0 Å². The van der Waals surface area contributed by atoms with Crippen LogP contribution in [0.25, 0.3) is 28.6 Å². The predicted octanol–water partition coefficient (Wildman–Crippen LogP) is 5.39. The lowest BCUT2D eigenvalue weighted by molar-refractivity contribution is 0.440. The summed E-state index contributed by atoms with van der Waals surface area (Å²) in [5.74, 6) is 1.54. The molecule has 30 heavy (non-hydrogen) atoms. The molecule has 0 aliphatic heterocycles. The topological polar surface area (TPSA) is 69.6 Å². The van der Waals surface area contributed by atoms with Crippen molar-refractivity contribution in [2.75, 3.05) is 0 Å². The fourth-order valence-electron chi connectivity index (χ4n) is 3.14. The van der Waals surface area contributed by atoms with E-state index in [4.69, 9.17) is 9.52 Å².